The highest BCUT2D eigenvalue weighted by Crippen LogP contribution is 2.25. The van der Waals surface area contributed by atoms with Crippen LogP contribution in [0.5, 0.6) is 0 Å². The van der Waals surface area contributed by atoms with E-state index in [-0.39, 0.29) is 13.1 Å². The van der Waals surface area contributed by atoms with E-state index in [1.165, 1.54) is 24.0 Å². The van der Waals surface area contributed by atoms with Crippen LogP contribution in [0.3, 0.4) is 0 Å². The van der Waals surface area contributed by atoms with Crippen LogP contribution in [0.25, 0.3) is 0 Å². The molecule has 0 aliphatic rings. The van der Waals surface area contributed by atoms with Gasteiger partial charge in [-0.3, -0.25) is 14.6 Å². The first-order valence-corrected chi connectivity index (χ1v) is 15.3. The zero-order valence-corrected chi connectivity index (χ0v) is 27.9. The molecule has 11 nitrogen and oxygen atoms in total. The minimum absolute atomic E-state index is 0.00249. The van der Waals surface area contributed by atoms with Crippen LogP contribution >= 0.6 is 0 Å². The van der Waals surface area contributed by atoms with Crippen LogP contribution < -0.4 is 10.6 Å². The third-order valence-electron chi connectivity index (χ3n) is 7.71. The Labute approximate surface area is 267 Å². The highest BCUT2D eigenvalue weighted by molar-refractivity contribution is 5.86. The van der Waals surface area contributed by atoms with E-state index in [0.29, 0.717) is 12.8 Å². The highest BCUT2D eigenvalue weighted by atomic mass is 16.5. The Kier molecular flexibility index (Phi) is 13.8. The summed E-state index contributed by atoms with van der Waals surface area (Å²) >= 11 is 0. The molecule has 0 radical (unpaired) electrons. The van der Waals surface area contributed by atoms with E-state index in [4.69, 9.17) is 4.74 Å². The fourth-order valence-corrected chi connectivity index (χ4v) is 5.65. The van der Waals surface area contributed by atoms with Gasteiger partial charge in [0.2, 0.25) is 5.91 Å². The first-order valence-electron chi connectivity index (χ1n) is 15.3. The average molecular weight is 629 g/mol. The Bertz CT molecular complexity index is 1210. The summed E-state index contributed by atoms with van der Waals surface area (Å²) in [6, 6.07) is 16.4. The molecule has 0 saturated heterocycles. The molecule has 3 amide bonds. The zero-order chi connectivity index (χ0) is 33.9. The lowest BCUT2D eigenvalue weighted by Crippen LogP contribution is -2.59. The Balaban J connectivity index is 2.25. The Morgan fingerprint density at radius 3 is 1.76 bits per heavy atom. The third-order valence-corrected chi connectivity index (χ3v) is 7.71. The van der Waals surface area contributed by atoms with Gasteiger partial charge >= 0.3 is 12.2 Å². The highest BCUT2D eigenvalue weighted by Gasteiger charge is 2.40. The molecule has 0 aromatic heterocycles. The van der Waals surface area contributed by atoms with Crippen molar-refractivity contribution in [3.05, 3.63) is 71.8 Å². The molecule has 5 atom stereocenters. The Morgan fingerprint density at radius 1 is 0.822 bits per heavy atom. The Morgan fingerprint density at radius 2 is 1.31 bits per heavy atom. The molecule has 0 bridgehead atoms. The minimum atomic E-state index is -1.14. The van der Waals surface area contributed by atoms with Gasteiger partial charge in [-0.1, -0.05) is 81.4 Å². The van der Waals surface area contributed by atoms with Gasteiger partial charge in [-0.2, -0.15) is 0 Å². The van der Waals surface area contributed by atoms with E-state index in [9.17, 15) is 29.7 Å². The fraction of sp³-hybridized carbons (Fsp3) is 0.559. The molecule has 0 spiro atoms. The third kappa shape index (κ3) is 11.3. The number of hydrogen-bond donors (Lipinski definition) is 5. The maximum absolute atomic E-state index is 13.6. The maximum Gasteiger partial charge on any atom is 0.409 e. The van der Waals surface area contributed by atoms with Gasteiger partial charge in [-0.15, -0.1) is 0 Å². The summed E-state index contributed by atoms with van der Waals surface area (Å²) in [5.41, 5.74) is 0.348. The van der Waals surface area contributed by atoms with E-state index >= 15 is 0 Å². The van der Waals surface area contributed by atoms with Gasteiger partial charge in [0, 0.05) is 25.7 Å². The molecule has 45 heavy (non-hydrogen) atoms. The standard InChI is InChI=1S/C34H52N4O7/c1-33(2,3)29(37(7)32(44)45-8)30(41)36-25(19-23-15-11-9-12-16-23)27(39)21-35-22-28(40)26(20-24-17-13-10-14-18-24)38(31(42)43)34(4,5)6/h9-18,25-29,35,39-40H,19-22H2,1-8H3,(H,36,41)(H,42,43)/t25-,26-,27+,28+,29+/m0/s1. The number of carbonyl (C=O) groups excluding carboxylic acids is 2. The van der Waals surface area contributed by atoms with Crippen molar-refractivity contribution in [1.29, 1.82) is 0 Å². The lowest BCUT2D eigenvalue weighted by atomic mass is 9.85. The molecular formula is C34H52N4O7. The number of amides is 3. The van der Waals surface area contributed by atoms with Crippen LogP contribution in [-0.4, -0.2) is 106 Å². The van der Waals surface area contributed by atoms with Crippen molar-refractivity contribution < 1.29 is 34.4 Å². The molecule has 2 aromatic carbocycles. The van der Waals surface area contributed by atoms with E-state index in [2.05, 4.69) is 10.6 Å². The molecule has 0 aliphatic heterocycles. The van der Waals surface area contributed by atoms with Crippen molar-refractivity contribution in [1.82, 2.24) is 20.4 Å². The second-order valence-corrected chi connectivity index (χ2v) is 13.5. The molecule has 0 fully saturated rings. The molecule has 11 heteroatoms. The molecule has 5 N–H and O–H groups in total. The van der Waals surface area contributed by atoms with Crippen molar-refractivity contribution in [3.8, 4) is 0 Å². The number of likely N-dealkylation sites (N-methyl/N-ethyl adjacent to an activating group) is 1. The van der Waals surface area contributed by atoms with E-state index < -0.39 is 59.4 Å². The van der Waals surface area contributed by atoms with Crippen molar-refractivity contribution in [3.63, 3.8) is 0 Å². The fourth-order valence-electron chi connectivity index (χ4n) is 5.65. The molecule has 0 unspecified atom stereocenters. The maximum atomic E-state index is 13.6. The molecule has 2 rings (SSSR count). The average Bonchev–Trinajstić information content (AvgIpc) is 2.95. The monoisotopic (exact) mass is 628 g/mol. The van der Waals surface area contributed by atoms with Crippen LogP contribution in [-0.2, 0) is 22.4 Å². The number of ether oxygens (including phenoxy) is 1. The van der Waals surface area contributed by atoms with Crippen molar-refractivity contribution >= 4 is 18.1 Å². The number of rotatable bonds is 14. The van der Waals surface area contributed by atoms with E-state index in [1.807, 2.05) is 81.4 Å². The van der Waals surface area contributed by atoms with Gasteiger partial charge in [0.1, 0.15) is 6.04 Å². The van der Waals surface area contributed by atoms with Gasteiger partial charge < -0.3 is 30.7 Å². The number of hydrogen-bond acceptors (Lipinski definition) is 7. The van der Waals surface area contributed by atoms with Crippen molar-refractivity contribution in [2.24, 2.45) is 5.41 Å². The number of nitrogens with one attached hydrogen (secondary N) is 2. The molecule has 0 aliphatic carbocycles. The number of methoxy groups -OCH3 is 1. The second-order valence-electron chi connectivity index (χ2n) is 13.5. The summed E-state index contributed by atoms with van der Waals surface area (Å²) in [6.45, 7) is 10.9. The summed E-state index contributed by atoms with van der Waals surface area (Å²) < 4.78 is 4.85. The van der Waals surface area contributed by atoms with Crippen LogP contribution in [0.2, 0.25) is 0 Å². The topological polar surface area (TPSA) is 152 Å². The number of aliphatic hydroxyl groups excluding tert-OH is 2. The predicted octanol–water partition coefficient (Wildman–Crippen LogP) is 3.53. The summed E-state index contributed by atoms with van der Waals surface area (Å²) in [6.07, 6.45) is -3.38. The summed E-state index contributed by atoms with van der Waals surface area (Å²) in [5, 5.41) is 38.8. The smallest absolute Gasteiger partial charge is 0.409 e. The second kappa shape index (κ2) is 16.6. The summed E-state index contributed by atoms with van der Waals surface area (Å²) in [7, 11) is 2.75. The number of carbonyl (C=O) groups is 3. The first kappa shape index (κ1) is 37.5. The van der Waals surface area contributed by atoms with Crippen molar-refractivity contribution in [2.75, 3.05) is 27.2 Å². The molecule has 250 valence electrons. The largest absolute Gasteiger partial charge is 0.465 e. The van der Waals surface area contributed by atoms with Gasteiger partial charge in [-0.05, 0) is 50.2 Å². The van der Waals surface area contributed by atoms with Gasteiger partial charge in [0.05, 0.1) is 31.4 Å². The number of carboxylic acid groups (broad SMARTS) is 1. The summed E-state index contributed by atoms with van der Waals surface area (Å²) in [5.74, 6) is -0.444. The number of aliphatic hydroxyl groups is 2. The lowest BCUT2D eigenvalue weighted by molar-refractivity contribution is -0.130. The van der Waals surface area contributed by atoms with Gasteiger partial charge in [0.15, 0.2) is 0 Å². The number of nitrogens with zero attached hydrogens (tertiary/aromatic N) is 2. The van der Waals surface area contributed by atoms with Gasteiger partial charge in [-0.25, -0.2) is 9.59 Å². The normalized spacial score (nSPS) is 15.2. The summed E-state index contributed by atoms with van der Waals surface area (Å²) in [4.78, 5) is 40.8. The zero-order valence-electron chi connectivity index (χ0n) is 27.9. The van der Waals surface area contributed by atoms with E-state index in [0.717, 1.165) is 11.1 Å². The first-order chi connectivity index (χ1) is 21.0. The van der Waals surface area contributed by atoms with Crippen LogP contribution in [0, 0.1) is 5.41 Å². The van der Waals surface area contributed by atoms with Crippen molar-refractivity contribution in [2.45, 2.75) is 90.3 Å². The van der Waals surface area contributed by atoms with Gasteiger partial charge in [0.25, 0.3) is 0 Å². The SMILES string of the molecule is COC(=O)N(C)[C@H](C(=O)N[C@@H](Cc1ccccc1)[C@H](O)CNC[C@@H](O)[C@H](Cc1ccccc1)N(C(=O)O)C(C)(C)C)C(C)(C)C. The minimum Gasteiger partial charge on any atom is -0.465 e. The van der Waals surface area contributed by atoms with Crippen LogP contribution in [0.15, 0.2) is 60.7 Å². The molecule has 0 heterocycles. The molecular weight excluding hydrogens is 576 g/mol. The van der Waals surface area contributed by atoms with Crippen LogP contribution in [0.4, 0.5) is 9.59 Å². The van der Waals surface area contributed by atoms with E-state index in [1.54, 1.807) is 20.8 Å². The number of benzene rings is 2. The lowest BCUT2D eigenvalue weighted by Gasteiger charge is -2.42. The molecule has 2 aromatic rings. The molecule has 0 saturated carbocycles. The predicted molar refractivity (Wildman–Crippen MR) is 174 cm³/mol. The van der Waals surface area contributed by atoms with Crippen LogP contribution in [0.1, 0.15) is 52.7 Å². The Hall–Kier alpha value is -3.67. The quantitative estimate of drug-likeness (QED) is 0.213.